The molecule has 1 heterocycles. The van der Waals surface area contributed by atoms with Gasteiger partial charge in [-0.1, -0.05) is 67.5 Å². The topological polar surface area (TPSA) is 71.1 Å². The summed E-state index contributed by atoms with van der Waals surface area (Å²) in [6, 6.07) is 0. The predicted molar refractivity (Wildman–Crippen MR) is 129 cm³/mol. The van der Waals surface area contributed by atoms with Gasteiger partial charge in [0.25, 0.3) is 0 Å². The van der Waals surface area contributed by atoms with Crippen molar-refractivity contribution in [3.05, 3.63) is 12.2 Å². The molecule has 0 aromatic heterocycles. The lowest BCUT2D eigenvalue weighted by Crippen LogP contribution is -2.44. The van der Waals surface area contributed by atoms with Gasteiger partial charge in [0.15, 0.2) is 12.2 Å². The van der Waals surface area contributed by atoms with Crippen LogP contribution in [0, 0.1) is 23.7 Å². The summed E-state index contributed by atoms with van der Waals surface area (Å²) in [7, 11) is -0.717. The van der Waals surface area contributed by atoms with Crippen molar-refractivity contribution in [2.45, 2.75) is 99.0 Å². The zero-order valence-electron chi connectivity index (χ0n) is 21.0. The van der Waals surface area contributed by atoms with Gasteiger partial charge < -0.3 is 18.8 Å². The number of carbonyl (C=O) groups is 2. The Hall–Kier alpha value is -1.05. The van der Waals surface area contributed by atoms with Gasteiger partial charge in [-0.05, 0) is 36.5 Å². The minimum Gasteiger partial charge on any atom is -0.460 e. The number of esters is 2. The van der Waals surface area contributed by atoms with Crippen LogP contribution < -0.4 is 0 Å². The zero-order chi connectivity index (χ0) is 24.4. The maximum absolute atomic E-state index is 13.0. The van der Waals surface area contributed by atoms with Crippen LogP contribution in [0.1, 0.15) is 68.2 Å². The SMILES string of the molecule is CC(C)C(OC(=O)[C@@H]1OB(C/C=C/CCCCl)O[C@H]1C(=O)OC(C(C)C)C(C)C)C(C)C. The van der Waals surface area contributed by atoms with E-state index in [0.717, 1.165) is 12.8 Å². The van der Waals surface area contributed by atoms with E-state index in [4.69, 9.17) is 30.4 Å². The summed E-state index contributed by atoms with van der Waals surface area (Å²) < 4.78 is 23.2. The molecule has 1 saturated heterocycles. The Balaban J connectivity index is 2.97. The molecule has 2 atom stereocenters. The summed E-state index contributed by atoms with van der Waals surface area (Å²) in [5.41, 5.74) is 0. The first-order chi connectivity index (χ1) is 15.0. The fourth-order valence-corrected chi connectivity index (χ4v) is 4.13. The third kappa shape index (κ3) is 9.07. The summed E-state index contributed by atoms with van der Waals surface area (Å²) in [4.78, 5) is 26.1. The Morgan fingerprint density at radius 3 is 1.56 bits per heavy atom. The van der Waals surface area contributed by atoms with E-state index in [1.54, 1.807) is 0 Å². The molecule has 0 aliphatic carbocycles. The number of halogens is 1. The third-order valence-corrected chi connectivity index (χ3v) is 5.74. The molecule has 0 spiro atoms. The van der Waals surface area contributed by atoms with Crippen molar-refractivity contribution >= 4 is 30.7 Å². The Morgan fingerprint density at radius 1 is 0.812 bits per heavy atom. The van der Waals surface area contributed by atoms with Gasteiger partial charge in [-0.3, -0.25) is 0 Å². The van der Waals surface area contributed by atoms with E-state index < -0.39 is 31.3 Å². The summed E-state index contributed by atoms with van der Waals surface area (Å²) in [6.07, 6.45) is 3.21. The molecule has 1 aliphatic rings. The number of allylic oxidation sites excluding steroid dienone is 2. The van der Waals surface area contributed by atoms with Crippen molar-refractivity contribution in [2.75, 3.05) is 5.88 Å². The lowest BCUT2D eigenvalue weighted by atomic mass is 9.85. The van der Waals surface area contributed by atoms with Gasteiger partial charge in [0.05, 0.1) is 0 Å². The van der Waals surface area contributed by atoms with Gasteiger partial charge in [0.1, 0.15) is 12.2 Å². The number of hydrogen-bond acceptors (Lipinski definition) is 6. The van der Waals surface area contributed by atoms with Crippen molar-refractivity contribution < 1.29 is 28.4 Å². The number of rotatable bonds is 13. The smallest absolute Gasteiger partial charge is 0.460 e. The molecule has 0 bridgehead atoms. The first kappa shape index (κ1) is 29.0. The van der Waals surface area contributed by atoms with E-state index in [1.165, 1.54) is 0 Å². The van der Waals surface area contributed by atoms with Crippen LogP contribution in [0.3, 0.4) is 0 Å². The Kier molecular flexibility index (Phi) is 12.9. The summed E-state index contributed by atoms with van der Waals surface area (Å²) >= 11 is 5.70. The lowest BCUT2D eigenvalue weighted by molar-refractivity contribution is -0.174. The first-order valence-electron chi connectivity index (χ1n) is 11.9. The monoisotopic (exact) mass is 472 g/mol. The van der Waals surface area contributed by atoms with Gasteiger partial charge in [0.2, 0.25) is 0 Å². The average molecular weight is 473 g/mol. The maximum Gasteiger partial charge on any atom is 0.462 e. The first-order valence-corrected chi connectivity index (χ1v) is 12.5. The van der Waals surface area contributed by atoms with Crippen LogP contribution in [0.15, 0.2) is 12.2 Å². The fraction of sp³-hybridized carbons (Fsp3) is 0.833. The third-order valence-electron chi connectivity index (χ3n) is 5.47. The van der Waals surface area contributed by atoms with Crippen LogP contribution in [0.5, 0.6) is 0 Å². The van der Waals surface area contributed by atoms with Crippen LogP contribution in [-0.2, 0) is 28.4 Å². The van der Waals surface area contributed by atoms with Crippen LogP contribution in [-0.4, -0.2) is 49.4 Å². The number of alkyl halides is 1. The van der Waals surface area contributed by atoms with E-state index in [9.17, 15) is 9.59 Å². The molecule has 0 radical (unpaired) electrons. The average Bonchev–Trinajstić information content (AvgIpc) is 3.13. The second kappa shape index (κ2) is 14.3. The van der Waals surface area contributed by atoms with Gasteiger partial charge >= 0.3 is 19.1 Å². The number of carbonyl (C=O) groups excluding carboxylic acids is 2. The van der Waals surface area contributed by atoms with E-state index >= 15 is 0 Å². The largest absolute Gasteiger partial charge is 0.462 e. The highest BCUT2D eigenvalue weighted by Crippen LogP contribution is 2.27. The van der Waals surface area contributed by atoms with E-state index in [0.29, 0.717) is 12.2 Å². The standard InChI is InChI=1S/C24H42BClO6/c1-15(2)19(16(3)4)29-23(27)21-22(24(28)30-20(17(5)6)18(7)8)32-25(31-21)13-11-9-10-12-14-26/h9,11,15-22H,10,12-14H2,1-8H3/b11-9+/t21-,22-/m1/s1. The molecule has 0 amide bonds. The van der Waals surface area contributed by atoms with E-state index in [1.807, 2.05) is 67.5 Å². The molecule has 1 fully saturated rings. The second-order valence-electron chi connectivity index (χ2n) is 9.86. The Labute approximate surface area is 199 Å². The minimum atomic E-state index is -1.15. The predicted octanol–water partition coefficient (Wildman–Crippen LogP) is 5.28. The molecule has 0 N–H and O–H groups in total. The highest BCUT2D eigenvalue weighted by Gasteiger charge is 2.50. The highest BCUT2D eigenvalue weighted by atomic mass is 35.5. The number of unbranched alkanes of at least 4 members (excludes halogenated alkanes) is 1. The Bertz CT molecular complexity index is 549. The van der Waals surface area contributed by atoms with E-state index in [2.05, 4.69) is 0 Å². The van der Waals surface area contributed by atoms with Crippen LogP contribution in [0.2, 0.25) is 6.32 Å². The van der Waals surface area contributed by atoms with Gasteiger partial charge in [-0.2, -0.15) is 0 Å². The zero-order valence-corrected chi connectivity index (χ0v) is 21.8. The van der Waals surface area contributed by atoms with Gasteiger partial charge in [-0.25, -0.2) is 9.59 Å². The molecule has 184 valence electrons. The lowest BCUT2D eigenvalue weighted by Gasteiger charge is -2.28. The molecule has 0 unspecified atom stereocenters. The molecule has 0 aromatic rings. The molecular weight excluding hydrogens is 431 g/mol. The molecule has 8 heteroatoms. The highest BCUT2D eigenvalue weighted by molar-refractivity contribution is 6.46. The van der Waals surface area contributed by atoms with Gasteiger partial charge in [-0.15, -0.1) is 11.6 Å². The van der Waals surface area contributed by atoms with Crippen molar-refractivity contribution in [1.29, 1.82) is 0 Å². The molecule has 1 aliphatic heterocycles. The van der Waals surface area contributed by atoms with Crippen molar-refractivity contribution in [2.24, 2.45) is 23.7 Å². The van der Waals surface area contributed by atoms with Crippen molar-refractivity contribution in [3.63, 3.8) is 0 Å². The molecule has 0 saturated carbocycles. The molecule has 6 nitrogen and oxygen atoms in total. The Morgan fingerprint density at radius 2 is 1.22 bits per heavy atom. The normalized spacial score (nSPS) is 19.5. The number of ether oxygens (including phenoxy) is 2. The van der Waals surface area contributed by atoms with Gasteiger partial charge in [0, 0.05) is 12.2 Å². The summed E-state index contributed by atoms with van der Waals surface area (Å²) in [5, 5.41) is 0. The molecule has 1 rings (SSSR count). The maximum atomic E-state index is 13.0. The quantitative estimate of drug-likeness (QED) is 0.119. The van der Waals surface area contributed by atoms with Crippen LogP contribution in [0.25, 0.3) is 0 Å². The summed E-state index contributed by atoms with van der Waals surface area (Å²) in [5.74, 6) is -0.0193. The molecular formula is C24H42BClO6. The van der Waals surface area contributed by atoms with Crippen molar-refractivity contribution in [1.82, 2.24) is 0 Å². The minimum absolute atomic E-state index is 0.138. The fourth-order valence-electron chi connectivity index (χ4n) is 3.98. The van der Waals surface area contributed by atoms with Crippen molar-refractivity contribution in [3.8, 4) is 0 Å². The number of hydrogen-bond donors (Lipinski definition) is 0. The van der Waals surface area contributed by atoms with E-state index in [-0.39, 0.29) is 35.9 Å². The summed E-state index contributed by atoms with van der Waals surface area (Å²) in [6.45, 7) is 16.0. The molecule has 0 aromatic carbocycles. The molecule has 32 heavy (non-hydrogen) atoms. The second-order valence-corrected chi connectivity index (χ2v) is 10.2. The van der Waals surface area contributed by atoms with Crippen LogP contribution in [0.4, 0.5) is 0 Å². The van der Waals surface area contributed by atoms with Crippen LogP contribution >= 0.6 is 11.6 Å².